The first-order valence-electron chi connectivity index (χ1n) is 4.20. The number of carbonyl (C=O) groups excluding carboxylic acids is 1. The summed E-state index contributed by atoms with van der Waals surface area (Å²) < 4.78 is 2.21. The van der Waals surface area contributed by atoms with Crippen molar-refractivity contribution in [2.45, 2.75) is 27.3 Å². The highest BCUT2D eigenvalue weighted by Crippen LogP contribution is 1.85. The molecule has 0 amide bonds. The number of aliphatic carboxylic acids is 1. The van der Waals surface area contributed by atoms with Crippen LogP contribution in [0.5, 0.6) is 0 Å². The number of hydrogen-bond acceptors (Lipinski definition) is 2. The number of aromatic nitrogens is 1. The molecule has 1 rings (SSSR count). The third-order valence-corrected chi connectivity index (χ3v) is 1.51. The molecule has 72 valence electrons. The minimum atomic E-state index is -1.08. The van der Waals surface area contributed by atoms with Crippen molar-refractivity contribution in [3.8, 4) is 0 Å². The third-order valence-electron chi connectivity index (χ3n) is 1.51. The van der Waals surface area contributed by atoms with E-state index in [2.05, 4.69) is 42.8 Å². The monoisotopic (exact) mass is 181 g/mol. The predicted molar refractivity (Wildman–Crippen MR) is 47.7 cm³/mol. The van der Waals surface area contributed by atoms with Crippen molar-refractivity contribution in [3.05, 3.63) is 30.1 Å². The molecular formula is C10H15NO2. The Balaban J connectivity index is 0.000000310. The second kappa shape index (κ2) is 6.17. The molecule has 0 atom stereocenters. The van der Waals surface area contributed by atoms with Crippen molar-refractivity contribution < 1.29 is 14.5 Å². The van der Waals surface area contributed by atoms with Crippen molar-refractivity contribution >= 4 is 5.97 Å². The summed E-state index contributed by atoms with van der Waals surface area (Å²) in [5.74, 6) is -1.08. The van der Waals surface area contributed by atoms with Gasteiger partial charge in [0.15, 0.2) is 11.9 Å². The Morgan fingerprint density at radius 3 is 2.38 bits per heavy atom. The Bertz CT molecular complexity index is 267. The molecule has 0 saturated carbocycles. The molecule has 1 heterocycles. The first-order chi connectivity index (χ1) is 6.07. The summed E-state index contributed by atoms with van der Waals surface area (Å²) in [4.78, 5) is 8.89. The average Bonchev–Trinajstić information content (AvgIpc) is 2.04. The molecule has 3 heteroatoms. The van der Waals surface area contributed by atoms with Gasteiger partial charge in [0, 0.05) is 25.0 Å². The highest BCUT2D eigenvalue weighted by Gasteiger charge is 1.96. The maximum Gasteiger partial charge on any atom is 0.178 e. The van der Waals surface area contributed by atoms with E-state index in [1.54, 1.807) is 0 Å². The average molecular weight is 181 g/mol. The second-order valence-electron chi connectivity index (χ2n) is 2.62. The number of pyridine rings is 1. The number of hydrogen-bond donors (Lipinski definition) is 0. The van der Waals surface area contributed by atoms with E-state index in [0.29, 0.717) is 0 Å². The summed E-state index contributed by atoms with van der Waals surface area (Å²) in [6, 6.07) is 6.22. The molecule has 0 aliphatic carbocycles. The minimum Gasteiger partial charge on any atom is -0.550 e. The first-order valence-corrected chi connectivity index (χ1v) is 4.20. The summed E-state index contributed by atoms with van der Waals surface area (Å²) >= 11 is 0. The van der Waals surface area contributed by atoms with E-state index in [-0.39, 0.29) is 0 Å². The summed E-state index contributed by atoms with van der Waals surface area (Å²) in [5, 5.41) is 8.89. The van der Waals surface area contributed by atoms with E-state index >= 15 is 0 Å². The van der Waals surface area contributed by atoms with Crippen LogP contribution in [0.3, 0.4) is 0 Å². The Morgan fingerprint density at radius 1 is 1.54 bits per heavy atom. The fraction of sp³-hybridized carbons (Fsp3) is 0.400. The lowest BCUT2D eigenvalue weighted by molar-refractivity contribution is -0.699. The topological polar surface area (TPSA) is 44.0 Å². The van der Waals surface area contributed by atoms with E-state index in [0.717, 1.165) is 13.5 Å². The van der Waals surface area contributed by atoms with E-state index in [9.17, 15) is 0 Å². The lowest BCUT2D eigenvalue weighted by atomic mass is 10.4. The van der Waals surface area contributed by atoms with Gasteiger partial charge in [-0.2, -0.15) is 0 Å². The van der Waals surface area contributed by atoms with Gasteiger partial charge in [0.25, 0.3) is 0 Å². The Kier molecular flexibility index (Phi) is 5.52. The van der Waals surface area contributed by atoms with Crippen LogP contribution in [0, 0.1) is 6.92 Å². The van der Waals surface area contributed by atoms with Gasteiger partial charge in [0.05, 0.1) is 0 Å². The zero-order valence-corrected chi connectivity index (χ0v) is 8.28. The number of carboxylic acids is 1. The van der Waals surface area contributed by atoms with Gasteiger partial charge < -0.3 is 9.90 Å². The van der Waals surface area contributed by atoms with Crippen LogP contribution in [0.15, 0.2) is 24.4 Å². The third kappa shape index (κ3) is 5.84. The van der Waals surface area contributed by atoms with Crippen molar-refractivity contribution in [3.63, 3.8) is 0 Å². The van der Waals surface area contributed by atoms with Crippen LogP contribution in [0.2, 0.25) is 0 Å². The van der Waals surface area contributed by atoms with E-state index in [4.69, 9.17) is 9.90 Å². The van der Waals surface area contributed by atoms with Crippen LogP contribution in [0.1, 0.15) is 19.5 Å². The summed E-state index contributed by atoms with van der Waals surface area (Å²) in [7, 11) is 0. The molecule has 1 aromatic heterocycles. The largest absolute Gasteiger partial charge is 0.550 e. The molecular weight excluding hydrogens is 166 g/mol. The Labute approximate surface area is 78.6 Å². The van der Waals surface area contributed by atoms with Crippen LogP contribution >= 0.6 is 0 Å². The maximum absolute atomic E-state index is 8.89. The molecule has 13 heavy (non-hydrogen) atoms. The van der Waals surface area contributed by atoms with Gasteiger partial charge in [0.1, 0.15) is 6.54 Å². The first kappa shape index (κ1) is 11.6. The van der Waals surface area contributed by atoms with Gasteiger partial charge in [-0.25, -0.2) is 4.57 Å². The van der Waals surface area contributed by atoms with Gasteiger partial charge in [-0.3, -0.25) is 0 Å². The van der Waals surface area contributed by atoms with Gasteiger partial charge in [0.2, 0.25) is 0 Å². The van der Waals surface area contributed by atoms with E-state index < -0.39 is 5.97 Å². The standard InChI is InChI=1S/C8H12N.C2H4O2/c1-3-9-7-5-4-6-8(9)2;1-2(3)4/h4-7H,3H2,1-2H3;1H3,(H,3,4)/q+1;/p-1. The molecule has 0 radical (unpaired) electrons. The maximum atomic E-state index is 8.89. The number of carboxylic acid groups (broad SMARTS) is 1. The van der Waals surface area contributed by atoms with Crippen molar-refractivity contribution in [2.24, 2.45) is 0 Å². The summed E-state index contributed by atoms with van der Waals surface area (Å²) in [6.07, 6.45) is 2.09. The normalized spacial score (nSPS) is 8.54. The molecule has 3 nitrogen and oxygen atoms in total. The van der Waals surface area contributed by atoms with Gasteiger partial charge in [-0.15, -0.1) is 0 Å². The molecule has 0 unspecified atom stereocenters. The van der Waals surface area contributed by atoms with Crippen LogP contribution in [-0.4, -0.2) is 5.97 Å². The quantitative estimate of drug-likeness (QED) is 0.575. The molecule has 0 aromatic carbocycles. The van der Waals surface area contributed by atoms with E-state index in [1.807, 2.05) is 0 Å². The summed E-state index contributed by atoms with van der Waals surface area (Å²) in [5.41, 5.74) is 1.32. The zero-order valence-electron chi connectivity index (χ0n) is 8.28. The Morgan fingerprint density at radius 2 is 2.08 bits per heavy atom. The van der Waals surface area contributed by atoms with Crippen molar-refractivity contribution in [1.82, 2.24) is 0 Å². The van der Waals surface area contributed by atoms with Crippen LogP contribution in [-0.2, 0) is 11.3 Å². The molecule has 0 spiro atoms. The summed E-state index contributed by atoms with van der Waals surface area (Å²) in [6.45, 7) is 6.29. The number of rotatable bonds is 1. The van der Waals surface area contributed by atoms with Gasteiger partial charge >= 0.3 is 0 Å². The molecule has 1 aromatic rings. The van der Waals surface area contributed by atoms with Crippen molar-refractivity contribution in [2.75, 3.05) is 0 Å². The van der Waals surface area contributed by atoms with Crippen LogP contribution in [0.4, 0.5) is 0 Å². The lowest BCUT2D eigenvalue weighted by Gasteiger charge is -1.92. The lowest BCUT2D eigenvalue weighted by Crippen LogP contribution is -2.34. The molecule has 0 fully saturated rings. The molecule has 0 bridgehead atoms. The Hall–Kier alpha value is -1.38. The predicted octanol–water partition coefficient (Wildman–Crippen LogP) is 0.0586. The number of carbonyl (C=O) groups is 1. The fourth-order valence-corrected chi connectivity index (χ4v) is 0.917. The smallest absolute Gasteiger partial charge is 0.178 e. The zero-order chi connectivity index (χ0) is 10.3. The van der Waals surface area contributed by atoms with Gasteiger partial charge in [-0.05, 0) is 13.8 Å². The molecule has 0 saturated heterocycles. The molecule has 0 N–H and O–H groups in total. The van der Waals surface area contributed by atoms with Crippen molar-refractivity contribution in [1.29, 1.82) is 0 Å². The van der Waals surface area contributed by atoms with E-state index in [1.165, 1.54) is 5.69 Å². The highest BCUT2D eigenvalue weighted by atomic mass is 16.4. The molecule has 0 aliphatic heterocycles. The highest BCUT2D eigenvalue weighted by molar-refractivity contribution is 5.60. The van der Waals surface area contributed by atoms with Crippen LogP contribution in [0.25, 0.3) is 0 Å². The number of aryl methyl sites for hydroxylation is 2. The molecule has 0 aliphatic rings. The fourth-order valence-electron chi connectivity index (χ4n) is 0.917. The SMILES string of the molecule is CC(=O)[O-].CC[n+]1ccccc1C. The van der Waals surface area contributed by atoms with Gasteiger partial charge in [-0.1, -0.05) is 6.07 Å². The minimum absolute atomic E-state index is 0.972. The van der Waals surface area contributed by atoms with Crippen LogP contribution < -0.4 is 9.67 Å². The second-order valence-corrected chi connectivity index (χ2v) is 2.62. The number of nitrogens with zero attached hydrogens (tertiary/aromatic N) is 1.